The molecule has 0 aromatic carbocycles. The van der Waals surface area contributed by atoms with Gasteiger partial charge in [0.2, 0.25) is 0 Å². The minimum atomic E-state index is -0.621. The maximum atomic E-state index is 10.2. The number of aliphatic hydroxyl groups excluding tert-OH is 1. The van der Waals surface area contributed by atoms with Crippen LogP contribution in [0.25, 0.3) is 22.1 Å². The summed E-state index contributed by atoms with van der Waals surface area (Å²) in [6, 6.07) is 4.60. The first-order valence-electron chi connectivity index (χ1n) is 8.58. The molecular formula is C18H21N5O. The second kappa shape index (κ2) is 5.91. The van der Waals surface area contributed by atoms with Crippen LogP contribution in [-0.2, 0) is 0 Å². The number of hydrogen-bond acceptors (Lipinski definition) is 4. The number of nitrogens with one attached hydrogen (secondary N) is 1. The topological polar surface area (TPSA) is 90.5 Å². The Labute approximate surface area is 140 Å². The lowest BCUT2D eigenvalue weighted by Crippen LogP contribution is -2.12. The average Bonchev–Trinajstić information content (AvgIpc) is 3.28. The van der Waals surface area contributed by atoms with Crippen molar-refractivity contribution >= 4 is 22.1 Å². The van der Waals surface area contributed by atoms with E-state index in [2.05, 4.69) is 25.6 Å². The lowest BCUT2D eigenvalue weighted by Gasteiger charge is -2.18. The molecule has 3 atom stereocenters. The molecule has 0 radical (unpaired) electrons. The summed E-state index contributed by atoms with van der Waals surface area (Å²) in [6.45, 7) is 1.77. The van der Waals surface area contributed by atoms with E-state index >= 15 is 0 Å². The normalized spacial score (nSPS) is 22.2. The smallest absolute Gasteiger partial charge is 0.139 e. The molecule has 1 saturated carbocycles. The van der Waals surface area contributed by atoms with E-state index in [4.69, 9.17) is 5.26 Å². The maximum absolute atomic E-state index is 10.2. The van der Waals surface area contributed by atoms with Crippen LogP contribution >= 0.6 is 0 Å². The summed E-state index contributed by atoms with van der Waals surface area (Å²) in [5, 5.41) is 20.1. The van der Waals surface area contributed by atoms with Crippen molar-refractivity contribution in [1.29, 1.82) is 5.26 Å². The van der Waals surface area contributed by atoms with Gasteiger partial charge in [0.15, 0.2) is 0 Å². The van der Waals surface area contributed by atoms with Crippen LogP contribution in [0.1, 0.15) is 57.0 Å². The van der Waals surface area contributed by atoms with Crippen LogP contribution in [0.3, 0.4) is 0 Å². The summed E-state index contributed by atoms with van der Waals surface area (Å²) in [6.07, 6.45) is 7.87. The van der Waals surface area contributed by atoms with E-state index in [0.717, 1.165) is 47.8 Å². The zero-order valence-electron chi connectivity index (χ0n) is 13.7. The van der Waals surface area contributed by atoms with Gasteiger partial charge in [-0.2, -0.15) is 5.26 Å². The number of H-pyrrole nitrogens is 1. The molecular weight excluding hydrogens is 302 g/mol. The molecule has 3 aromatic rings. The number of aromatic amines is 1. The Kier molecular flexibility index (Phi) is 3.73. The Morgan fingerprint density at radius 1 is 1.50 bits per heavy atom. The van der Waals surface area contributed by atoms with Crippen LogP contribution in [-0.4, -0.2) is 24.6 Å². The Hall–Kier alpha value is -2.39. The minimum absolute atomic E-state index is 0.323. The van der Waals surface area contributed by atoms with Crippen molar-refractivity contribution in [3.8, 4) is 6.07 Å². The van der Waals surface area contributed by atoms with Gasteiger partial charge in [-0.1, -0.05) is 0 Å². The average molecular weight is 323 g/mol. The number of fused-ring (bicyclic) bond motifs is 3. The molecule has 3 aromatic heterocycles. The summed E-state index contributed by atoms with van der Waals surface area (Å²) in [4.78, 5) is 12.2. The van der Waals surface area contributed by atoms with Gasteiger partial charge in [0.25, 0.3) is 0 Å². The number of hydrogen-bond donors (Lipinski definition) is 2. The van der Waals surface area contributed by atoms with Gasteiger partial charge in [0.1, 0.15) is 23.1 Å². The van der Waals surface area contributed by atoms with Crippen LogP contribution < -0.4 is 0 Å². The van der Waals surface area contributed by atoms with Crippen molar-refractivity contribution in [3.05, 3.63) is 24.3 Å². The van der Waals surface area contributed by atoms with Crippen LogP contribution in [0.2, 0.25) is 0 Å². The zero-order chi connectivity index (χ0) is 16.7. The SMILES string of the molecule is C[C@@H](O)c1nc2cnc3[nH]ccc3c2n1[C@@H]1CCC(CCC#N)C1. The molecule has 24 heavy (non-hydrogen) atoms. The highest BCUT2D eigenvalue weighted by Gasteiger charge is 2.30. The van der Waals surface area contributed by atoms with E-state index in [1.165, 1.54) is 0 Å². The number of rotatable bonds is 4. The van der Waals surface area contributed by atoms with E-state index < -0.39 is 6.10 Å². The third-order valence-electron chi connectivity index (χ3n) is 5.18. The predicted molar refractivity (Wildman–Crippen MR) is 91.2 cm³/mol. The standard InChI is InChI=1S/C18H21N5O/c1-11(24)18-22-15-10-21-17-14(6-8-20-17)16(15)23(18)13-5-4-12(9-13)3-2-7-19/h6,8,10-13,24H,2-5,9H2,1H3,(H,20,21)/t11-,12?,13-/m1/s1. The highest BCUT2D eigenvalue weighted by Crippen LogP contribution is 2.41. The van der Waals surface area contributed by atoms with Gasteiger partial charge in [-0.15, -0.1) is 0 Å². The van der Waals surface area contributed by atoms with Crippen molar-refractivity contribution in [2.75, 3.05) is 0 Å². The summed E-state index contributed by atoms with van der Waals surface area (Å²) < 4.78 is 2.23. The minimum Gasteiger partial charge on any atom is -0.385 e. The van der Waals surface area contributed by atoms with Gasteiger partial charge in [0, 0.05) is 24.0 Å². The van der Waals surface area contributed by atoms with E-state index in [1.807, 2.05) is 12.3 Å². The summed E-state index contributed by atoms with van der Waals surface area (Å²) in [5.74, 6) is 1.30. The predicted octanol–water partition coefficient (Wildman–Crippen LogP) is 3.61. The molecule has 0 saturated heterocycles. The van der Waals surface area contributed by atoms with Crippen LogP contribution in [0, 0.1) is 17.2 Å². The van der Waals surface area contributed by atoms with E-state index in [9.17, 15) is 5.11 Å². The third-order valence-corrected chi connectivity index (χ3v) is 5.18. The van der Waals surface area contributed by atoms with Gasteiger partial charge in [-0.25, -0.2) is 9.97 Å². The molecule has 4 rings (SSSR count). The molecule has 1 aliphatic carbocycles. The first kappa shape index (κ1) is 15.2. The second-order valence-electron chi connectivity index (χ2n) is 6.78. The van der Waals surface area contributed by atoms with Crippen LogP contribution in [0.15, 0.2) is 18.5 Å². The third kappa shape index (κ3) is 2.36. The fourth-order valence-corrected chi connectivity index (χ4v) is 4.09. The largest absolute Gasteiger partial charge is 0.385 e. The van der Waals surface area contributed by atoms with Crippen molar-refractivity contribution < 1.29 is 5.11 Å². The monoisotopic (exact) mass is 323 g/mol. The molecule has 1 fully saturated rings. The maximum Gasteiger partial charge on any atom is 0.139 e. The number of imidazole rings is 1. The highest BCUT2D eigenvalue weighted by atomic mass is 16.3. The van der Waals surface area contributed by atoms with E-state index in [0.29, 0.717) is 24.2 Å². The van der Waals surface area contributed by atoms with Gasteiger partial charge >= 0.3 is 0 Å². The summed E-state index contributed by atoms with van der Waals surface area (Å²) in [7, 11) is 0. The van der Waals surface area contributed by atoms with Gasteiger partial charge in [-0.3, -0.25) is 0 Å². The molecule has 0 spiro atoms. The first-order chi connectivity index (χ1) is 11.7. The Morgan fingerprint density at radius 3 is 3.17 bits per heavy atom. The molecule has 1 aliphatic rings. The van der Waals surface area contributed by atoms with Crippen LogP contribution in [0.4, 0.5) is 0 Å². The lowest BCUT2D eigenvalue weighted by molar-refractivity contribution is 0.181. The highest BCUT2D eigenvalue weighted by molar-refractivity contribution is 6.01. The van der Waals surface area contributed by atoms with Crippen LogP contribution in [0.5, 0.6) is 0 Å². The van der Waals surface area contributed by atoms with E-state index in [-0.39, 0.29) is 0 Å². The Bertz CT molecular complexity index is 917. The fourth-order valence-electron chi connectivity index (χ4n) is 4.09. The van der Waals surface area contributed by atoms with Crippen molar-refractivity contribution in [2.45, 2.75) is 51.2 Å². The fraction of sp³-hybridized carbons (Fsp3) is 0.500. The molecule has 0 amide bonds. The number of aromatic nitrogens is 4. The lowest BCUT2D eigenvalue weighted by atomic mass is 10.0. The van der Waals surface area contributed by atoms with Gasteiger partial charge < -0.3 is 14.7 Å². The molecule has 2 N–H and O–H groups in total. The molecule has 6 heteroatoms. The van der Waals surface area contributed by atoms with Gasteiger partial charge in [0.05, 0.1) is 17.8 Å². The van der Waals surface area contributed by atoms with Crippen molar-refractivity contribution in [2.24, 2.45) is 5.92 Å². The Balaban J connectivity index is 1.82. The molecule has 0 bridgehead atoms. The molecule has 124 valence electrons. The summed E-state index contributed by atoms with van der Waals surface area (Å²) >= 11 is 0. The molecule has 6 nitrogen and oxygen atoms in total. The van der Waals surface area contributed by atoms with E-state index in [1.54, 1.807) is 13.1 Å². The second-order valence-corrected chi connectivity index (χ2v) is 6.78. The van der Waals surface area contributed by atoms with Crippen molar-refractivity contribution in [1.82, 2.24) is 19.5 Å². The Morgan fingerprint density at radius 2 is 2.38 bits per heavy atom. The first-order valence-corrected chi connectivity index (χ1v) is 8.58. The number of nitriles is 1. The molecule has 1 unspecified atom stereocenters. The molecule has 0 aliphatic heterocycles. The van der Waals surface area contributed by atoms with Crippen molar-refractivity contribution in [3.63, 3.8) is 0 Å². The number of nitrogens with zero attached hydrogens (tertiary/aromatic N) is 4. The zero-order valence-corrected chi connectivity index (χ0v) is 13.7. The molecule has 3 heterocycles. The summed E-state index contributed by atoms with van der Waals surface area (Å²) in [5.41, 5.74) is 2.74. The van der Waals surface area contributed by atoms with Gasteiger partial charge in [-0.05, 0) is 44.6 Å². The number of pyridine rings is 1. The quantitative estimate of drug-likeness (QED) is 0.767. The number of aliphatic hydroxyl groups is 1.